The lowest BCUT2D eigenvalue weighted by Crippen LogP contribution is -2.19. The summed E-state index contributed by atoms with van der Waals surface area (Å²) >= 11 is 6.36. The number of hydrogen-bond donors (Lipinski definition) is 3. The standard InChI is InChI=1S/C19H14ClNO4/c20-15-8-16-13(14(9-21-16)17(22)23)7-12(15)10-1-3-11(4-2-10)19(5-6-19)18(24)25/h1-4,7-9,21H,5-6H2,(H,22,23)(H,24,25). The van der Waals surface area contributed by atoms with E-state index in [9.17, 15) is 19.8 Å². The molecule has 3 N–H and O–H groups in total. The van der Waals surface area contributed by atoms with Gasteiger partial charge in [0.15, 0.2) is 0 Å². The first-order valence-electron chi connectivity index (χ1n) is 7.80. The zero-order valence-electron chi connectivity index (χ0n) is 13.0. The fourth-order valence-electron chi connectivity index (χ4n) is 3.26. The van der Waals surface area contributed by atoms with Gasteiger partial charge in [-0.25, -0.2) is 4.79 Å². The summed E-state index contributed by atoms with van der Waals surface area (Å²) in [4.78, 5) is 25.7. The van der Waals surface area contributed by atoms with Crippen LogP contribution in [0.15, 0.2) is 42.6 Å². The number of aromatic amines is 1. The number of halogens is 1. The second kappa shape index (κ2) is 5.36. The molecule has 126 valence electrons. The molecule has 1 aromatic heterocycles. The number of carboxylic acid groups (broad SMARTS) is 2. The summed E-state index contributed by atoms with van der Waals surface area (Å²) in [5.74, 6) is -1.80. The predicted molar refractivity (Wildman–Crippen MR) is 94.3 cm³/mol. The molecule has 0 saturated heterocycles. The molecule has 0 bridgehead atoms. The van der Waals surface area contributed by atoms with E-state index in [0.717, 1.165) is 11.1 Å². The average Bonchev–Trinajstić information content (AvgIpc) is 3.29. The maximum absolute atomic E-state index is 11.4. The van der Waals surface area contributed by atoms with Crippen LogP contribution in [-0.2, 0) is 10.2 Å². The van der Waals surface area contributed by atoms with Crippen LogP contribution in [0.4, 0.5) is 0 Å². The lowest BCUT2D eigenvalue weighted by Gasteiger charge is -2.12. The van der Waals surface area contributed by atoms with Gasteiger partial charge in [-0.1, -0.05) is 35.9 Å². The lowest BCUT2D eigenvalue weighted by atomic mass is 9.93. The van der Waals surface area contributed by atoms with Gasteiger partial charge in [0.2, 0.25) is 0 Å². The average molecular weight is 356 g/mol. The molecule has 0 spiro atoms. The zero-order valence-corrected chi connectivity index (χ0v) is 13.8. The van der Waals surface area contributed by atoms with Gasteiger partial charge in [0.25, 0.3) is 0 Å². The molecule has 0 aliphatic heterocycles. The van der Waals surface area contributed by atoms with Crippen LogP contribution in [0.3, 0.4) is 0 Å². The maximum atomic E-state index is 11.4. The van der Waals surface area contributed by atoms with E-state index in [1.54, 1.807) is 12.1 Å². The molecule has 0 atom stereocenters. The van der Waals surface area contributed by atoms with Gasteiger partial charge in [-0.05, 0) is 36.1 Å². The van der Waals surface area contributed by atoms with Crippen molar-refractivity contribution in [2.45, 2.75) is 18.3 Å². The molecule has 0 radical (unpaired) electrons. The molecule has 25 heavy (non-hydrogen) atoms. The van der Waals surface area contributed by atoms with Crippen LogP contribution < -0.4 is 0 Å². The normalized spacial score (nSPS) is 15.2. The van der Waals surface area contributed by atoms with Crippen molar-refractivity contribution in [3.63, 3.8) is 0 Å². The van der Waals surface area contributed by atoms with E-state index in [1.165, 1.54) is 6.20 Å². The number of carbonyl (C=O) groups is 2. The molecule has 5 nitrogen and oxygen atoms in total. The van der Waals surface area contributed by atoms with Gasteiger partial charge in [0, 0.05) is 22.7 Å². The molecule has 6 heteroatoms. The topological polar surface area (TPSA) is 90.4 Å². The van der Waals surface area contributed by atoms with E-state index in [0.29, 0.717) is 34.3 Å². The smallest absolute Gasteiger partial charge is 0.337 e. The number of nitrogens with one attached hydrogen (secondary N) is 1. The minimum Gasteiger partial charge on any atom is -0.481 e. The molecule has 1 fully saturated rings. The van der Waals surface area contributed by atoms with Crippen LogP contribution in [0.5, 0.6) is 0 Å². The van der Waals surface area contributed by atoms with Crippen LogP contribution >= 0.6 is 11.6 Å². The summed E-state index contributed by atoms with van der Waals surface area (Å²) in [7, 11) is 0. The van der Waals surface area contributed by atoms with Crippen molar-refractivity contribution < 1.29 is 19.8 Å². The first-order valence-corrected chi connectivity index (χ1v) is 8.18. The quantitative estimate of drug-likeness (QED) is 0.650. The molecule has 1 saturated carbocycles. The minimum absolute atomic E-state index is 0.187. The number of H-pyrrole nitrogens is 1. The zero-order chi connectivity index (χ0) is 17.8. The van der Waals surface area contributed by atoms with Crippen LogP contribution in [-0.4, -0.2) is 27.1 Å². The summed E-state index contributed by atoms with van der Waals surface area (Å²) in [6, 6.07) is 10.7. The number of fused-ring (bicyclic) bond motifs is 1. The largest absolute Gasteiger partial charge is 0.481 e. The van der Waals surface area contributed by atoms with Crippen molar-refractivity contribution in [1.29, 1.82) is 0 Å². The Morgan fingerprint density at radius 3 is 2.32 bits per heavy atom. The third-order valence-electron chi connectivity index (χ3n) is 4.91. The van der Waals surface area contributed by atoms with E-state index < -0.39 is 17.4 Å². The van der Waals surface area contributed by atoms with Crippen molar-refractivity contribution in [1.82, 2.24) is 4.98 Å². The van der Waals surface area contributed by atoms with Crippen molar-refractivity contribution in [2.75, 3.05) is 0 Å². The molecule has 0 amide bonds. The van der Waals surface area contributed by atoms with Gasteiger partial charge in [-0.15, -0.1) is 0 Å². The molecular weight excluding hydrogens is 342 g/mol. The van der Waals surface area contributed by atoms with E-state index in [4.69, 9.17) is 11.6 Å². The molecule has 1 heterocycles. The van der Waals surface area contributed by atoms with Gasteiger partial charge in [0.1, 0.15) is 0 Å². The maximum Gasteiger partial charge on any atom is 0.337 e. The van der Waals surface area contributed by atoms with Crippen molar-refractivity contribution in [3.8, 4) is 11.1 Å². The fourth-order valence-corrected chi connectivity index (χ4v) is 3.53. The Kier molecular flexibility index (Phi) is 3.37. The Morgan fingerprint density at radius 2 is 1.76 bits per heavy atom. The predicted octanol–water partition coefficient (Wildman–Crippen LogP) is 4.30. The number of carboxylic acids is 2. The highest BCUT2D eigenvalue weighted by atomic mass is 35.5. The van der Waals surface area contributed by atoms with Crippen LogP contribution in [0, 0.1) is 0 Å². The van der Waals surface area contributed by atoms with Crippen LogP contribution in [0.25, 0.3) is 22.0 Å². The van der Waals surface area contributed by atoms with E-state index in [1.807, 2.05) is 24.3 Å². The number of aromatic nitrogens is 1. The second-order valence-corrected chi connectivity index (χ2v) is 6.76. The highest BCUT2D eigenvalue weighted by Gasteiger charge is 2.51. The molecule has 1 aliphatic rings. The third kappa shape index (κ3) is 2.39. The highest BCUT2D eigenvalue weighted by molar-refractivity contribution is 6.34. The Labute approximate surface area is 147 Å². The summed E-state index contributed by atoms with van der Waals surface area (Å²) in [5.41, 5.74) is 2.41. The highest BCUT2D eigenvalue weighted by Crippen LogP contribution is 2.48. The van der Waals surface area contributed by atoms with E-state index in [2.05, 4.69) is 4.98 Å². The Morgan fingerprint density at radius 1 is 1.08 bits per heavy atom. The van der Waals surface area contributed by atoms with Crippen molar-refractivity contribution in [2.24, 2.45) is 0 Å². The van der Waals surface area contributed by atoms with Gasteiger partial charge < -0.3 is 15.2 Å². The summed E-state index contributed by atoms with van der Waals surface area (Å²) in [6.45, 7) is 0. The van der Waals surface area contributed by atoms with E-state index >= 15 is 0 Å². The van der Waals surface area contributed by atoms with Gasteiger partial charge in [-0.3, -0.25) is 4.79 Å². The molecule has 2 aromatic carbocycles. The minimum atomic E-state index is -1.01. The number of aromatic carboxylic acids is 1. The Balaban J connectivity index is 1.79. The molecule has 1 aliphatic carbocycles. The first kappa shape index (κ1) is 15.7. The fraction of sp³-hybridized carbons (Fsp3) is 0.158. The van der Waals surface area contributed by atoms with Gasteiger partial charge in [-0.2, -0.15) is 0 Å². The second-order valence-electron chi connectivity index (χ2n) is 6.35. The third-order valence-corrected chi connectivity index (χ3v) is 5.22. The number of aliphatic carboxylic acids is 1. The summed E-state index contributed by atoms with van der Waals surface area (Å²) in [6.07, 6.45) is 2.75. The number of benzene rings is 2. The number of rotatable bonds is 4. The molecule has 3 aromatic rings. The Bertz CT molecular complexity index is 1020. The van der Waals surface area contributed by atoms with Crippen LogP contribution in [0.2, 0.25) is 5.02 Å². The van der Waals surface area contributed by atoms with E-state index in [-0.39, 0.29) is 5.56 Å². The molecule has 4 rings (SSSR count). The monoisotopic (exact) mass is 355 g/mol. The van der Waals surface area contributed by atoms with Gasteiger partial charge in [0.05, 0.1) is 16.0 Å². The molecule has 0 unspecified atom stereocenters. The summed E-state index contributed by atoms with van der Waals surface area (Å²) < 4.78 is 0. The SMILES string of the molecule is O=C(O)c1c[nH]c2cc(Cl)c(-c3ccc(C4(C(=O)O)CC4)cc3)cc12. The Hall–Kier alpha value is -2.79. The summed E-state index contributed by atoms with van der Waals surface area (Å²) in [5, 5.41) is 19.7. The molecular formula is C19H14ClNO4. The first-order chi connectivity index (χ1) is 11.9. The van der Waals surface area contributed by atoms with Crippen LogP contribution in [0.1, 0.15) is 28.8 Å². The van der Waals surface area contributed by atoms with Crippen molar-refractivity contribution >= 4 is 34.4 Å². The lowest BCUT2D eigenvalue weighted by molar-refractivity contribution is -0.140. The number of hydrogen-bond acceptors (Lipinski definition) is 2. The van der Waals surface area contributed by atoms with Crippen molar-refractivity contribution in [3.05, 3.63) is 58.7 Å². The van der Waals surface area contributed by atoms with Gasteiger partial charge >= 0.3 is 11.9 Å².